The average molecular weight is 268 g/mol. The largest absolute Gasteiger partial charge is 0.325 e. The second-order valence-corrected chi connectivity index (χ2v) is 7.35. The summed E-state index contributed by atoms with van der Waals surface area (Å²) in [6.07, 6.45) is 4.71. The van der Waals surface area contributed by atoms with Crippen molar-refractivity contribution >= 4 is 12.7 Å². The molecule has 0 saturated carbocycles. The second-order valence-electron chi connectivity index (χ2n) is 4.78. The molecule has 1 aromatic rings. The quantitative estimate of drug-likeness (QED) is 0.512. The van der Waals surface area contributed by atoms with E-state index in [1.54, 1.807) is 0 Å². The van der Waals surface area contributed by atoms with Crippen LogP contribution in [0.1, 0.15) is 45.1 Å². The third kappa shape index (κ3) is 4.59. The monoisotopic (exact) mass is 268 g/mol. The van der Waals surface area contributed by atoms with E-state index in [1.807, 2.05) is 31.2 Å². The minimum absolute atomic E-state index is 0.603. The lowest BCUT2D eigenvalue weighted by Gasteiger charge is -2.19. The molecular weight excluding hydrogens is 243 g/mol. The van der Waals surface area contributed by atoms with Gasteiger partial charge in [-0.05, 0) is 31.9 Å². The molecule has 0 aliphatic rings. The first-order chi connectivity index (χ1) is 8.62. The molecule has 0 N–H and O–H groups in total. The van der Waals surface area contributed by atoms with Crippen LogP contribution in [0.3, 0.4) is 0 Å². The lowest BCUT2D eigenvalue weighted by atomic mass is 10.2. The van der Waals surface area contributed by atoms with Gasteiger partial charge >= 0.3 is 0 Å². The topological polar surface area (TPSA) is 26.3 Å². The third-order valence-corrected chi connectivity index (χ3v) is 5.57. The number of aryl methyl sites for hydroxylation is 1. The molecule has 102 valence electrons. The first-order valence-corrected chi connectivity index (χ1v) is 8.74. The standard InChI is InChI=1S/C15H25O2P/c1-4-6-11-17-18(16,12-7-5-2)15-10-8-9-14(3)13-15/h8-10,13H,4-7,11-12H2,1-3H3. The summed E-state index contributed by atoms with van der Waals surface area (Å²) in [5, 5.41) is 0.882. The molecule has 0 fully saturated rings. The Morgan fingerprint density at radius 3 is 2.50 bits per heavy atom. The highest BCUT2D eigenvalue weighted by Crippen LogP contribution is 2.46. The van der Waals surface area contributed by atoms with Crippen molar-refractivity contribution in [1.29, 1.82) is 0 Å². The van der Waals surface area contributed by atoms with Gasteiger partial charge in [0.1, 0.15) is 0 Å². The summed E-state index contributed by atoms with van der Waals surface area (Å²) in [5.74, 6) is 0. The molecule has 0 aromatic heterocycles. The summed E-state index contributed by atoms with van der Waals surface area (Å²) < 4.78 is 18.7. The summed E-state index contributed by atoms with van der Waals surface area (Å²) >= 11 is 0. The maximum Gasteiger partial charge on any atom is 0.232 e. The number of benzene rings is 1. The van der Waals surface area contributed by atoms with E-state index in [2.05, 4.69) is 13.8 Å². The van der Waals surface area contributed by atoms with Crippen LogP contribution in [0.4, 0.5) is 0 Å². The Kier molecular flexibility index (Phi) is 6.67. The normalized spacial score (nSPS) is 14.4. The first-order valence-electron chi connectivity index (χ1n) is 6.93. The van der Waals surface area contributed by atoms with E-state index in [4.69, 9.17) is 4.52 Å². The van der Waals surface area contributed by atoms with Gasteiger partial charge in [0.05, 0.1) is 6.61 Å². The molecule has 0 bridgehead atoms. The highest BCUT2D eigenvalue weighted by molar-refractivity contribution is 7.67. The van der Waals surface area contributed by atoms with Gasteiger partial charge in [-0.3, -0.25) is 4.57 Å². The predicted octanol–water partition coefficient (Wildman–Crippen LogP) is 4.52. The smallest absolute Gasteiger partial charge is 0.232 e. The molecule has 1 unspecified atom stereocenters. The highest BCUT2D eigenvalue weighted by atomic mass is 31.2. The molecule has 0 aliphatic heterocycles. The summed E-state index contributed by atoms with van der Waals surface area (Å²) in [4.78, 5) is 0. The van der Waals surface area contributed by atoms with Gasteiger partial charge in [0, 0.05) is 11.5 Å². The molecule has 1 rings (SSSR count). The molecule has 1 atom stereocenters. The zero-order valence-electron chi connectivity index (χ0n) is 11.8. The molecule has 3 heteroatoms. The van der Waals surface area contributed by atoms with Crippen LogP contribution in [0.25, 0.3) is 0 Å². The zero-order chi connectivity index (χ0) is 13.4. The van der Waals surface area contributed by atoms with Gasteiger partial charge in [0.15, 0.2) is 0 Å². The van der Waals surface area contributed by atoms with E-state index in [0.29, 0.717) is 12.8 Å². The van der Waals surface area contributed by atoms with E-state index in [0.717, 1.165) is 36.6 Å². The predicted molar refractivity (Wildman–Crippen MR) is 79.1 cm³/mol. The number of rotatable bonds is 8. The van der Waals surface area contributed by atoms with Gasteiger partial charge in [-0.15, -0.1) is 0 Å². The van der Waals surface area contributed by atoms with Crippen LogP contribution in [0, 0.1) is 6.92 Å². The minimum Gasteiger partial charge on any atom is -0.325 e. The lowest BCUT2D eigenvalue weighted by molar-refractivity contribution is 0.312. The van der Waals surface area contributed by atoms with Crippen molar-refractivity contribution in [2.45, 2.75) is 46.5 Å². The van der Waals surface area contributed by atoms with E-state index in [-0.39, 0.29) is 0 Å². The molecular formula is C15H25O2P. The molecule has 2 nitrogen and oxygen atoms in total. The lowest BCUT2D eigenvalue weighted by Crippen LogP contribution is -2.11. The van der Waals surface area contributed by atoms with E-state index < -0.39 is 7.37 Å². The number of hydrogen-bond acceptors (Lipinski definition) is 2. The Morgan fingerprint density at radius 2 is 1.89 bits per heavy atom. The SMILES string of the molecule is CCCCOP(=O)(CCCC)c1cccc(C)c1. The summed E-state index contributed by atoms with van der Waals surface area (Å²) in [6.45, 7) is 6.87. The van der Waals surface area contributed by atoms with Crippen molar-refractivity contribution in [3.8, 4) is 0 Å². The zero-order valence-corrected chi connectivity index (χ0v) is 12.7. The van der Waals surface area contributed by atoms with E-state index >= 15 is 0 Å². The Labute approximate surface area is 111 Å². The van der Waals surface area contributed by atoms with Crippen molar-refractivity contribution in [2.24, 2.45) is 0 Å². The van der Waals surface area contributed by atoms with Crippen LogP contribution in [0.5, 0.6) is 0 Å². The minimum atomic E-state index is -2.64. The van der Waals surface area contributed by atoms with E-state index in [9.17, 15) is 4.57 Å². The van der Waals surface area contributed by atoms with Crippen LogP contribution >= 0.6 is 7.37 Å². The van der Waals surface area contributed by atoms with Crippen LogP contribution in [-0.4, -0.2) is 12.8 Å². The van der Waals surface area contributed by atoms with Gasteiger partial charge < -0.3 is 4.52 Å². The van der Waals surface area contributed by atoms with Crippen LogP contribution in [0.15, 0.2) is 24.3 Å². The maximum atomic E-state index is 13.0. The molecule has 0 spiro atoms. The molecule has 0 heterocycles. The van der Waals surface area contributed by atoms with Crippen molar-refractivity contribution in [3.63, 3.8) is 0 Å². The molecule has 18 heavy (non-hydrogen) atoms. The van der Waals surface area contributed by atoms with Gasteiger partial charge in [0.25, 0.3) is 0 Å². The summed E-state index contributed by atoms with van der Waals surface area (Å²) in [5.41, 5.74) is 1.14. The summed E-state index contributed by atoms with van der Waals surface area (Å²) in [7, 11) is -2.64. The second kappa shape index (κ2) is 7.76. The van der Waals surface area contributed by atoms with Crippen LogP contribution < -0.4 is 5.30 Å². The molecule has 0 radical (unpaired) electrons. The average Bonchev–Trinajstić information content (AvgIpc) is 2.37. The summed E-state index contributed by atoms with van der Waals surface area (Å²) in [6, 6.07) is 7.93. The van der Waals surface area contributed by atoms with Gasteiger partial charge in [-0.1, -0.05) is 44.4 Å². The van der Waals surface area contributed by atoms with Crippen molar-refractivity contribution in [1.82, 2.24) is 0 Å². The Morgan fingerprint density at radius 1 is 1.17 bits per heavy atom. The Balaban J connectivity index is 2.85. The third-order valence-electron chi connectivity index (χ3n) is 3.00. The van der Waals surface area contributed by atoms with Gasteiger partial charge in [-0.2, -0.15) is 0 Å². The highest BCUT2D eigenvalue weighted by Gasteiger charge is 2.24. The number of hydrogen-bond donors (Lipinski definition) is 0. The van der Waals surface area contributed by atoms with Crippen molar-refractivity contribution in [2.75, 3.05) is 12.8 Å². The Hall–Kier alpha value is -0.590. The molecule has 0 aliphatic carbocycles. The molecule has 0 amide bonds. The Bertz CT molecular complexity index is 401. The molecule has 1 aromatic carbocycles. The fourth-order valence-corrected chi connectivity index (χ4v) is 4.24. The number of unbranched alkanes of at least 4 members (excludes halogenated alkanes) is 2. The fraction of sp³-hybridized carbons (Fsp3) is 0.600. The fourth-order valence-electron chi connectivity index (χ4n) is 1.83. The van der Waals surface area contributed by atoms with E-state index in [1.165, 1.54) is 0 Å². The first kappa shape index (κ1) is 15.5. The van der Waals surface area contributed by atoms with Gasteiger partial charge in [0.2, 0.25) is 7.37 Å². The maximum absolute atomic E-state index is 13.0. The molecule has 0 saturated heterocycles. The van der Waals surface area contributed by atoms with Crippen LogP contribution in [-0.2, 0) is 9.09 Å². The van der Waals surface area contributed by atoms with Crippen molar-refractivity contribution < 1.29 is 9.09 Å². The van der Waals surface area contributed by atoms with Crippen LogP contribution in [0.2, 0.25) is 0 Å². The van der Waals surface area contributed by atoms with Gasteiger partial charge in [-0.25, -0.2) is 0 Å². The van der Waals surface area contributed by atoms with Crippen molar-refractivity contribution in [3.05, 3.63) is 29.8 Å².